The van der Waals surface area contributed by atoms with Crippen molar-refractivity contribution >= 4 is 11.9 Å². The molecule has 3 amide bonds. The zero-order chi connectivity index (χ0) is 13.3. The Bertz CT molecular complexity index is 242. The second-order valence-corrected chi connectivity index (χ2v) is 4.53. The summed E-state index contributed by atoms with van der Waals surface area (Å²) in [6.07, 6.45) is 1.25. The molecular formula is C12H25N3O2. The molecule has 5 heteroatoms. The van der Waals surface area contributed by atoms with Crippen molar-refractivity contribution in [2.24, 2.45) is 5.92 Å². The Hall–Kier alpha value is -1.26. The first-order chi connectivity index (χ1) is 7.97. The molecule has 0 aromatic rings. The summed E-state index contributed by atoms with van der Waals surface area (Å²) in [6, 6.07) is -0.0848. The maximum atomic E-state index is 11.4. The largest absolute Gasteiger partial charge is 0.356 e. The van der Waals surface area contributed by atoms with Crippen LogP contribution in [0, 0.1) is 5.92 Å². The van der Waals surface area contributed by atoms with Crippen LogP contribution >= 0.6 is 0 Å². The second kappa shape index (κ2) is 8.84. The van der Waals surface area contributed by atoms with Crippen molar-refractivity contribution < 1.29 is 9.59 Å². The number of nitrogens with one attached hydrogen (secondary N) is 3. The lowest BCUT2D eigenvalue weighted by molar-refractivity contribution is -0.120. The molecule has 5 nitrogen and oxygen atoms in total. The predicted molar refractivity (Wildman–Crippen MR) is 68.8 cm³/mol. The van der Waals surface area contributed by atoms with Gasteiger partial charge < -0.3 is 16.0 Å². The number of carbonyl (C=O) groups is 2. The zero-order valence-electron chi connectivity index (χ0n) is 11.3. The number of amides is 3. The van der Waals surface area contributed by atoms with Gasteiger partial charge in [-0.25, -0.2) is 4.79 Å². The maximum absolute atomic E-state index is 11.4. The summed E-state index contributed by atoms with van der Waals surface area (Å²) in [4.78, 5) is 22.6. The van der Waals surface area contributed by atoms with Crippen molar-refractivity contribution in [1.82, 2.24) is 16.0 Å². The molecule has 0 aliphatic rings. The van der Waals surface area contributed by atoms with Gasteiger partial charge in [0.1, 0.15) is 0 Å². The lowest BCUT2D eigenvalue weighted by atomic mass is 10.1. The number of rotatable bonds is 7. The standard InChI is InChI=1S/C12H25N3O2/c1-5-7-13-11(16)6-8-14-12(17)15-10(4)9(2)3/h9-10H,5-8H2,1-4H3,(H,13,16)(H2,14,15,17). The van der Waals surface area contributed by atoms with E-state index < -0.39 is 0 Å². The van der Waals surface area contributed by atoms with Crippen LogP contribution in [-0.2, 0) is 4.79 Å². The predicted octanol–water partition coefficient (Wildman–Crippen LogP) is 1.25. The molecule has 100 valence electrons. The van der Waals surface area contributed by atoms with Gasteiger partial charge in [0.25, 0.3) is 0 Å². The summed E-state index contributed by atoms with van der Waals surface area (Å²) >= 11 is 0. The smallest absolute Gasteiger partial charge is 0.315 e. The highest BCUT2D eigenvalue weighted by atomic mass is 16.2. The van der Waals surface area contributed by atoms with Crippen LogP contribution in [0.5, 0.6) is 0 Å². The Morgan fingerprint density at radius 3 is 2.24 bits per heavy atom. The number of carbonyl (C=O) groups excluding carboxylic acids is 2. The first-order valence-electron chi connectivity index (χ1n) is 6.28. The van der Waals surface area contributed by atoms with Crippen molar-refractivity contribution in [3.63, 3.8) is 0 Å². The van der Waals surface area contributed by atoms with E-state index in [4.69, 9.17) is 0 Å². The van der Waals surface area contributed by atoms with Gasteiger partial charge in [-0.2, -0.15) is 0 Å². The molecule has 0 spiro atoms. The van der Waals surface area contributed by atoms with Crippen molar-refractivity contribution in [2.45, 2.75) is 46.6 Å². The highest BCUT2D eigenvalue weighted by molar-refractivity contribution is 5.78. The van der Waals surface area contributed by atoms with Crippen molar-refractivity contribution in [3.8, 4) is 0 Å². The van der Waals surface area contributed by atoms with Gasteiger partial charge in [0.05, 0.1) is 0 Å². The Kier molecular flexibility index (Phi) is 8.19. The fourth-order valence-corrected chi connectivity index (χ4v) is 1.07. The molecule has 0 aliphatic heterocycles. The fourth-order valence-electron chi connectivity index (χ4n) is 1.07. The number of hydrogen-bond acceptors (Lipinski definition) is 2. The second-order valence-electron chi connectivity index (χ2n) is 4.53. The molecule has 0 saturated carbocycles. The van der Waals surface area contributed by atoms with E-state index in [-0.39, 0.29) is 18.0 Å². The van der Waals surface area contributed by atoms with Gasteiger partial charge in [0, 0.05) is 25.6 Å². The molecule has 0 saturated heterocycles. The molecule has 0 radical (unpaired) electrons. The first-order valence-corrected chi connectivity index (χ1v) is 6.28. The van der Waals surface area contributed by atoms with E-state index in [1.807, 2.05) is 27.7 Å². The highest BCUT2D eigenvalue weighted by Crippen LogP contribution is 1.98. The van der Waals surface area contributed by atoms with E-state index in [9.17, 15) is 9.59 Å². The van der Waals surface area contributed by atoms with Gasteiger partial charge in [-0.05, 0) is 19.3 Å². The zero-order valence-corrected chi connectivity index (χ0v) is 11.3. The average Bonchev–Trinajstić information content (AvgIpc) is 2.26. The minimum atomic E-state index is -0.213. The molecule has 0 aliphatic carbocycles. The van der Waals surface area contributed by atoms with Crippen LogP contribution in [0.15, 0.2) is 0 Å². The van der Waals surface area contributed by atoms with E-state index in [1.165, 1.54) is 0 Å². The van der Waals surface area contributed by atoms with Crippen LogP contribution in [-0.4, -0.2) is 31.1 Å². The molecule has 0 fully saturated rings. The quantitative estimate of drug-likeness (QED) is 0.629. The minimum Gasteiger partial charge on any atom is -0.356 e. The SMILES string of the molecule is CCCNC(=O)CCNC(=O)NC(C)C(C)C. The molecular weight excluding hydrogens is 218 g/mol. The Labute approximate surface area is 104 Å². The van der Waals surface area contributed by atoms with Gasteiger partial charge in [-0.15, -0.1) is 0 Å². The Morgan fingerprint density at radius 1 is 1.06 bits per heavy atom. The summed E-state index contributed by atoms with van der Waals surface area (Å²) < 4.78 is 0. The average molecular weight is 243 g/mol. The van der Waals surface area contributed by atoms with E-state index in [0.29, 0.717) is 25.4 Å². The van der Waals surface area contributed by atoms with Crippen molar-refractivity contribution in [3.05, 3.63) is 0 Å². The summed E-state index contributed by atoms with van der Waals surface area (Å²) in [5.74, 6) is 0.373. The Morgan fingerprint density at radius 2 is 1.71 bits per heavy atom. The highest BCUT2D eigenvalue weighted by Gasteiger charge is 2.10. The van der Waals surface area contributed by atoms with Gasteiger partial charge in [-0.3, -0.25) is 4.79 Å². The molecule has 0 aromatic carbocycles. The molecule has 1 unspecified atom stereocenters. The van der Waals surface area contributed by atoms with Crippen LogP contribution in [0.2, 0.25) is 0 Å². The van der Waals surface area contributed by atoms with E-state index >= 15 is 0 Å². The summed E-state index contributed by atoms with van der Waals surface area (Å²) in [6.45, 7) is 9.10. The third-order valence-electron chi connectivity index (χ3n) is 2.57. The minimum absolute atomic E-state index is 0.0240. The topological polar surface area (TPSA) is 70.2 Å². The van der Waals surface area contributed by atoms with Crippen LogP contribution in [0.4, 0.5) is 4.79 Å². The van der Waals surface area contributed by atoms with Crippen LogP contribution in [0.1, 0.15) is 40.5 Å². The number of hydrogen-bond donors (Lipinski definition) is 3. The molecule has 0 heterocycles. The van der Waals surface area contributed by atoms with Gasteiger partial charge >= 0.3 is 6.03 Å². The first kappa shape index (κ1) is 15.7. The Balaban J connectivity index is 3.61. The molecule has 0 rings (SSSR count). The fraction of sp³-hybridized carbons (Fsp3) is 0.833. The van der Waals surface area contributed by atoms with E-state index in [2.05, 4.69) is 16.0 Å². The summed E-state index contributed by atoms with van der Waals surface area (Å²) in [5, 5.41) is 8.23. The molecule has 3 N–H and O–H groups in total. The van der Waals surface area contributed by atoms with Crippen LogP contribution in [0.3, 0.4) is 0 Å². The summed E-state index contributed by atoms with van der Waals surface area (Å²) in [5.41, 5.74) is 0. The lowest BCUT2D eigenvalue weighted by Gasteiger charge is -2.17. The molecule has 0 bridgehead atoms. The van der Waals surface area contributed by atoms with E-state index in [1.54, 1.807) is 0 Å². The van der Waals surface area contributed by atoms with Crippen LogP contribution in [0.25, 0.3) is 0 Å². The number of urea groups is 1. The normalized spacial score (nSPS) is 12.1. The van der Waals surface area contributed by atoms with Crippen LogP contribution < -0.4 is 16.0 Å². The third-order valence-corrected chi connectivity index (χ3v) is 2.57. The lowest BCUT2D eigenvalue weighted by Crippen LogP contribution is -2.43. The molecule has 17 heavy (non-hydrogen) atoms. The monoisotopic (exact) mass is 243 g/mol. The third kappa shape index (κ3) is 8.54. The van der Waals surface area contributed by atoms with Crippen molar-refractivity contribution in [2.75, 3.05) is 13.1 Å². The van der Waals surface area contributed by atoms with Gasteiger partial charge in [0.15, 0.2) is 0 Å². The molecule has 1 atom stereocenters. The molecule has 0 aromatic heterocycles. The van der Waals surface area contributed by atoms with Gasteiger partial charge in [0.2, 0.25) is 5.91 Å². The summed E-state index contributed by atoms with van der Waals surface area (Å²) in [7, 11) is 0. The van der Waals surface area contributed by atoms with Gasteiger partial charge in [-0.1, -0.05) is 20.8 Å². The van der Waals surface area contributed by atoms with E-state index in [0.717, 1.165) is 6.42 Å². The van der Waals surface area contributed by atoms with Crippen molar-refractivity contribution in [1.29, 1.82) is 0 Å². The maximum Gasteiger partial charge on any atom is 0.315 e.